The van der Waals surface area contributed by atoms with Crippen LogP contribution in [0.4, 0.5) is 21.5 Å². The number of rotatable bonds is 3. The van der Waals surface area contributed by atoms with Gasteiger partial charge in [0, 0.05) is 26.0 Å². The summed E-state index contributed by atoms with van der Waals surface area (Å²) in [6, 6.07) is 22.6. The van der Waals surface area contributed by atoms with Crippen LogP contribution in [0.25, 0.3) is 0 Å². The van der Waals surface area contributed by atoms with E-state index >= 15 is 0 Å². The van der Waals surface area contributed by atoms with E-state index in [1.165, 1.54) is 12.1 Å². The maximum Gasteiger partial charge on any atom is 0.123 e. The van der Waals surface area contributed by atoms with Crippen LogP contribution in [0.2, 0.25) is 0 Å². The summed E-state index contributed by atoms with van der Waals surface area (Å²) in [5.41, 5.74) is 2.93. The van der Waals surface area contributed by atoms with Crippen molar-refractivity contribution in [3.63, 3.8) is 0 Å². The molecule has 0 aliphatic heterocycles. The number of hydrogen-bond donors (Lipinski definition) is 0. The van der Waals surface area contributed by atoms with E-state index < -0.39 is 0 Å². The third-order valence-corrected chi connectivity index (χ3v) is 4.31. The third-order valence-electron chi connectivity index (χ3n) is 3.25. The standard InChI is InChI=1S/C18H12Br2FN/c19-13-1-7-16(8-2-13)22(17-9-3-14(20)4-10-17)18-11-5-15(21)6-12-18/h1-12H. The fourth-order valence-electron chi connectivity index (χ4n) is 2.22. The van der Waals surface area contributed by atoms with Gasteiger partial charge < -0.3 is 4.90 Å². The van der Waals surface area contributed by atoms with Crippen molar-refractivity contribution in [3.8, 4) is 0 Å². The van der Waals surface area contributed by atoms with Gasteiger partial charge in [0.1, 0.15) is 5.82 Å². The van der Waals surface area contributed by atoms with Crippen molar-refractivity contribution in [1.82, 2.24) is 0 Å². The van der Waals surface area contributed by atoms with Crippen LogP contribution < -0.4 is 4.90 Å². The molecule has 0 aliphatic rings. The molecule has 1 nitrogen and oxygen atoms in total. The fourth-order valence-corrected chi connectivity index (χ4v) is 2.75. The average Bonchev–Trinajstić information content (AvgIpc) is 2.53. The Morgan fingerprint density at radius 1 is 0.545 bits per heavy atom. The summed E-state index contributed by atoms with van der Waals surface area (Å²) in [4.78, 5) is 2.08. The van der Waals surface area contributed by atoms with Gasteiger partial charge in [0.2, 0.25) is 0 Å². The molecule has 0 amide bonds. The van der Waals surface area contributed by atoms with Gasteiger partial charge in [-0.25, -0.2) is 4.39 Å². The molecule has 0 radical (unpaired) electrons. The summed E-state index contributed by atoms with van der Waals surface area (Å²) in [5.74, 6) is -0.240. The normalized spacial score (nSPS) is 10.5. The van der Waals surface area contributed by atoms with Crippen LogP contribution in [0.3, 0.4) is 0 Å². The molecule has 0 unspecified atom stereocenters. The first-order valence-corrected chi connectivity index (χ1v) is 8.29. The Balaban J connectivity index is 2.10. The molecular formula is C18H12Br2FN. The van der Waals surface area contributed by atoms with Gasteiger partial charge in [0.15, 0.2) is 0 Å². The first-order chi connectivity index (χ1) is 10.6. The highest BCUT2D eigenvalue weighted by molar-refractivity contribution is 9.10. The van der Waals surface area contributed by atoms with E-state index in [0.29, 0.717) is 0 Å². The van der Waals surface area contributed by atoms with Crippen LogP contribution in [0.15, 0.2) is 81.7 Å². The van der Waals surface area contributed by atoms with E-state index in [-0.39, 0.29) is 5.82 Å². The Morgan fingerprint density at radius 2 is 0.864 bits per heavy atom. The molecule has 0 saturated heterocycles. The number of hydrogen-bond acceptors (Lipinski definition) is 1. The smallest absolute Gasteiger partial charge is 0.123 e. The maximum atomic E-state index is 13.2. The highest BCUT2D eigenvalue weighted by atomic mass is 79.9. The van der Waals surface area contributed by atoms with Crippen molar-refractivity contribution in [1.29, 1.82) is 0 Å². The molecule has 22 heavy (non-hydrogen) atoms. The molecular weight excluding hydrogens is 409 g/mol. The molecule has 0 atom stereocenters. The first-order valence-electron chi connectivity index (χ1n) is 6.70. The molecule has 3 aromatic rings. The second-order valence-electron chi connectivity index (χ2n) is 4.76. The van der Waals surface area contributed by atoms with Crippen molar-refractivity contribution in [2.45, 2.75) is 0 Å². The molecule has 3 aromatic carbocycles. The maximum absolute atomic E-state index is 13.2. The second kappa shape index (κ2) is 6.63. The number of halogens is 3. The van der Waals surface area contributed by atoms with Crippen LogP contribution >= 0.6 is 31.9 Å². The topological polar surface area (TPSA) is 3.24 Å². The average molecular weight is 421 g/mol. The molecule has 0 fully saturated rings. The number of anilines is 3. The van der Waals surface area contributed by atoms with Crippen LogP contribution in [-0.4, -0.2) is 0 Å². The lowest BCUT2D eigenvalue weighted by Gasteiger charge is -2.25. The van der Waals surface area contributed by atoms with Gasteiger partial charge in [-0.3, -0.25) is 0 Å². The molecule has 0 saturated carbocycles. The Labute approximate surface area is 145 Å². The minimum Gasteiger partial charge on any atom is -0.311 e. The van der Waals surface area contributed by atoms with Gasteiger partial charge in [0.25, 0.3) is 0 Å². The van der Waals surface area contributed by atoms with Gasteiger partial charge in [-0.2, -0.15) is 0 Å². The first kappa shape index (κ1) is 15.3. The Kier molecular flexibility index (Phi) is 4.60. The van der Waals surface area contributed by atoms with Gasteiger partial charge >= 0.3 is 0 Å². The molecule has 0 spiro atoms. The minimum atomic E-state index is -0.240. The van der Waals surface area contributed by atoms with Crippen LogP contribution in [0.1, 0.15) is 0 Å². The summed E-state index contributed by atoms with van der Waals surface area (Å²) in [7, 11) is 0. The third kappa shape index (κ3) is 3.39. The summed E-state index contributed by atoms with van der Waals surface area (Å²) in [5, 5.41) is 0. The molecule has 3 rings (SSSR count). The quantitative estimate of drug-likeness (QED) is 0.449. The highest BCUT2D eigenvalue weighted by Crippen LogP contribution is 2.35. The molecule has 4 heteroatoms. The predicted molar refractivity (Wildman–Crippen MR) is 96.5 cm³/mol. The lowest BCUT2D eigenvalue weighted by atomic mass is 10.2. The summed E-state index contributed by atoms with van der Waals surface area (Å²) >= 11 is 6.90. The Bertz CT molecular complexity index is 644. The van der Waals surface area contributed by atoms with Crippen molar-refractivity contribution >= 4 is 48.9 Å². The van der Waals surface area contributed by atoms with E-state index in [2.05, 4.69) is 36.8 Å². The number of nitrogens with zero attached hydrogens (tertiary/aromatic N) is 1. The molecule has 0 aromatic heterocycles. The number of benzene rings is 3. The summed E-state index contributed by atoms with van der Waals surface area (Å²) < 4.78 is 15.3. The van der Waals surface area contributed by atoms with Gasteiger partial charge in [-0.15, -0.1) is 0 Å². The van der Waals surface area contributed by atoms with Crippen molar-refractivity contribution in [2.75, 3.05) is 4.90 Å². The fraction of sp³-hybridized carbons (Fsp3) is 0. The van der Waals surface area contributed by atoms with E-state index in [0.717, 1.165) is 26.0 Å². The molecule has 0 N–H and O–H groups in total. The molecule has 0 bridgehead atoms. The molecule has 0 heterocycles. The van der Waals surface area contributed by atoms with Crippen molar-refractivity contribution in [3.05, 3.63) is 87.6 Å². The zero-order chi connectivity index (χ0) is 15.5. The van der Waals surface area contributed by atoms with E-state index in [1.54, 1.807) is 12.1 Å². The van der Waals surface area contributed by atoms with Gasteiger partial charge in [0.05, 0.1) is 0 Å². The van der Waals surface area contributed by atoms with Crippen LogP contribution in [0.5, 0.6) is 0 Å². The van der Waals surface area contributed by atoms with E-state index in [1.807, 2.05) is 48.5 Å². The van der Waals surface area contributed by atoms with Crippen molar-refractivity contribution < 1.29 is 4.39 Å². The Morgan fingerprint density at radius 3 is 1.23 bits per heavy atom. The van der Waals surface area contributed by atoms with Crippen molar-refractivity contribution in [2.24, 2.45) is 0 Å². The second-order valence-corrected chi connectivity index (χ2v) is 6.60. The van der Waals surface area contributed by atoms with E-state index in [4.69, 9.17) is 0 Å². The van der Waals surface area contributed by atoms with E-state index in [9.17, 15) is 4.39 Å². The summed E-state index contributed by atoms with van der Waals surface area (Å²) in [6.45, 7) is 0. The van der Waals surface area contributed by atoms with Gasteiger partial charge in [-0.1, -0.05) is 31.9 Å². The van der Waals surface area contributed by atoms with Crippen LogP contribution in [0, 0.1) is 5.82 Å². The minimum absolute atomic E-state index is 0.240. The zero-order valence-electron chi connectivity index (χ0n) is 11.5. The Hall–Kier alpha value is -1.65. The van der Waals surface area contributed by atoms with Gasteiger partial charge in [-0.05, 0) is 72.8 Å². The predicted octanol–water partition coefficient (Wildman–Crippen LogP) is 6.82. The van der Waals surface area contributed by atoms with Crippen LogP contribution in [-0.2, 0) is 0 Å². The molecule has 110 valence electrons. The lowest BCUT2D eigenvalue weighted by molar-refractivity contribution is 0.628. The SMILES string of the molecule is Fc1ccc(N(c2ccc(Br)cc2)c2ccc(Br)cc2)cc1. The zero-order valence-corrected chi connectivity index (χ0v) is 14.7. The lowest BCUT2D eigenvalue weighted by Crippen LogP contribution is -2.09. The highest BCUT2D eigenvalue weighted by Gasteiger charge is 2.12. The monoisotopic (exact) mass is 419 g/mol. The largest absolute Gasteiger partial charge is 0.311 e. The molecule has 0 aliphatic carbocycles. The summed E-state index contributed by atoms with van der Waals surface area (Å²) in [6.07, 6.45) is 0.